The lowest BCUT2D eigenvalue weighted by molar-refractivity contribution is -0.192. The van der Waals surface area contributed by atoms with Crippen molar-refractivity contribution in [3.8, 4) is 11.8 Å². The number of nitrogens with one attached hydrogen (secondary N) is 1. The summed E-state index contributed by atoms with van der Waals surface area (Å²) in [5, 5.41) is 14.5. The van der Waals surface area contributed by atoms with Crippen molar-refractivity contribution in [3.05, 3.63) is 47.0 Å². The Morgan fingerprint density at radius 1 is 1.25 bits per heavy atom. The van der Waals surface area contributed by atoms with Crippen molar-refractivity contribution >= 4 is 11.7 Å². The molecule has 2 rings (SSSR count). The highest BCUT2D eigenvalue weighted by atomic mass is 19.4. The van der Waals surface area contributed by atoms with E-state index in [0.29, 0.717) is 5.69 Å². The molecule has 0 aliphatic rings. The minimum absolute atomic E-state index is 0.0471. The van der Waals surface area contributed by atoms with E-state index in [2.05, 4.69) is 29.5 Å². The summed E-state index contributed by atoms with van der Waals surface area (Å²) in [7, 11) is 1.41. The number of aromatic nitrogens is 2. The molecule has 0 spiro atoms. The Labute approximate surface area is 183 Å². The van der Waals surface area contributed by atoms with Gasteiger partial charge in [0.2, 0.25) is 0 Å². The van der Waals surface area contributed by atoms with Gasteiger partial charge in [0.25, 0.3) is 0 Å². The number of carboxylic acid groups (broad SMARTS) is 1. The number of hydrogen-bond acceptors (Lipinski definition) is 6. The van der Waals surface area contributed by atoms with Gasteiger partial charge < -0.3 is 19.6 Å². The molecule has 0 unspecified atom stereocenters. The fourth-order valence-corrected chi connectivity index (χ4v) is 2.45. The van der Waals surface area contributed by atoms with Crippen molar-refractivity contribution in [2.75, 3.05) is 19.0 Å². The molecule has 0 amide bonds. The summed E-state index contributed by atoms with van der Waals surface area (Å²) in [4.78, 5) is 20.7. The van der Waals surface area contributed by atoms with Crippen molar-refractivity contribution in [1.82, 2.24) is 9.78 Å². The van der Waals surface area contributed by atoms with Gasteiger partial charge in [-0.05, 0) is 43.9 Å². The SMILES string of the molecule is CCCCCC=CCCCNc1cccc(-n2nc(OC)oc2=O)c1.O=C(O)C(F)(F)F. The van der Waals surface area contributed by atoms with Gasteiger partial charge in [0, 0.05) is 12.2 Å². The summed E-state index contributed by atoms with van der Waals surface area (Å²) in [6, 6.07) is 7.50. The molecule has 178 valence electrons. The number of alkyl halides is 3. The lowest BCUT2D eigenvalue weighted by Crippen LogP contribution is -2.21. The van der Waals surface area contributed by atoms with E-state index in [-0.39, 0.29) is 6.08 Å². The maximum absolute atomic E-state index is 11.8. The van der Waals surface area contributed by atoms with Crippen LogP contribution in [0.15, 0.2) is 45.6 Å². The predicted octanol–water partition coefficient (Wildman–Crippen LogP) is 4.80. The molecular formula is C21H28F3N3O5. The molecule has 8 nitrogen and oxygen atoms in total. The van der Waals surface area contributed by atoms with E-state index < -0.39 is 17.9 Å². The molecular weight excluding hydrogens is 431 g/mol. The molecule has 0 saturated carbocycles. The number of carboxylic acids is 1. The van der Waals surface area contributed by atoms with E-state index in [9.17, 15) is 18.0 Å². The summed E-state index contributed by atoms with van der Waals surface area (Å²) in [5.41, 5.74) is 1.58. The number of carbonyl (C=O) groups is 1. The van der Waals surface area contributed by atoms with Crippen LogP contribution in [-0.4, -0.2) is 40.7 Å². The molecule has 0 aliphatic heterocycles. The average Bonchev–Trinajstić information content (AvgIpc) is 3.13. The maximum atomic E-state index is 11.8. The zero-order chi connectivity index (χ0) is 24.0. The van der Waals surface area contributed by atoms with E-state index >= 15 is 0 Å². The molecule has 11 heteroatoms. The molecule has 1 aromatic heterocycles. The number of rotatable bonds is 11. The Morgan fingerprint density at radius 2 is 1.91 bits per heavy atom. The molecule has 0 bridgehead atoms. The van der Waals surface area contributed by atoms with Crippen LogP contribution in [0, 0.1) is 0 Å². The number of aliphatic carboxylic acids is 1. The van der Waals surface area contributed by atoms with Crippen molar-refractivity contribution < 1.29 is 32.2 Å². The van der Waals surface area contributed by atoms with Crippen LogP contribution in [0.1, 0.15) is 45.4 Å². The molecule has 2 N–H and O–H groups in total. The fraction of sp³-hybridized carbons (Fsp3) is 0.476. The van der Waals surface area contributed by atoms with Gasteiger partial charge in [0.15, 0.2) is 0 Å². The summed E-state index contributed by atoms with van der Waals surface area (Å²) in [6.45, 7) is 3.10. The van der Waals surface area contributed by atoms with Gasteiger partial charge in [0.05, 0.1) is 12.8 Å². The van der Waals surface area contributed by atoms with Gasteiger partial charge in [-0.1, -0.05) is 43.1 Å². The van der Waals surface area contributed by atoms with Crippen molar-refractivity contribution in [2.45, 2.75) is 51.6 Å². The Bertz CT molecular complexity index is 907. The van der Waals surface area contributed by atoms with Crippen LogP contribution in [0.2, 0.25) is 0 Å². The van der Waals surface area contributed by atoms with Crippen molar-refractivity contribution in [3.63, 3.8) is 0 Å². The molecule has 0 fully saturated rings. The second-order valence-corrected chi connectivity index (χ2v) is 6.64. The van der Waals surface area contributed by atoms with Crippen LogP contribution in [0.5, 0.6) is 6.08 Å². The molecule has 1 aromatic carbocycles. The predicted molar refractivity (Wildman–Crippen MR) is 113 cm³/mol. The quantitative estimate of drug-likeness (QED) is 0.367. The standard InChI is InChI=1S/C19H27N3O3.C2HF3O2/c1-3-4-5-6-7-8-9-10-14-20-16-12-11-13-17(15-16)22-19(23)25-18(21-22)24-2;3-2(4,5)1(6)7/h7-8,11-13,15,20H,3-6,9-10,14H2,1-2H3;(H,6,7). The summed E-state index contributed by atoms with van der Waals surface area (Å²) in [6.07, 6.45) is 6.57. The number of methoxy groups -OCH3 is 1. The number of benzene rings is 1. The maximum Gasteiger partial charge on any atom is 0.490 e. The van der Waals surface area contributed by atoms with Gasteiger partial charge >= 0.3 is 24.0 Å². The molecule has 2 aromatic rings. The number of hydrogen-bond donors (Lipinski definition) is 2. The van der Waals surface area contributed by atoms with E-state index in [1.807, 2.05) is 18.2 Å². The minimum Gasteiger partial charge on any atom is -0.475 e. The summed E-state index contributed by atoms with van der Waals surface area (Å²) >= 11 is 0. The Kier molecular flexibility index (Phi) is 11.7. The molecule has 0 aliphatic carbocycles. The first-order chi connectivity index (χ1) is 15.2. The van der Waals surface area contributed by atoms with E-state index in [0.717, 1.165) is 25.1 Å². The van der Waals surface area contributed by atoms with Gasteiger partial charge in [0.1, 0.15) is 0 Å². The number of ether oxygens (including phenoxy) is 1. The highest BCUT2D eigenvalue weighted by Gasteiger charge is 2.38. The second kappa shape index (κ2) is 13.9. The zero-order valence-corrected chi connectivity index (χ0v) is 18.0. The summed E-state index contributed by atoms with van der Waals surface area (Å²) in [5.74, 6) is -3.32. The topological polar surface area (TPSA) is 107 Å². The zero-order valence-electron chi connectivity index (χ0n) is 18.0. The van der Waals surface area contributed by atoms with Gasteiger partial charge in [-0.15, -0.1) is 0 Å². The normalized spacial score (nSPS) is 11.2. The Morgan fingerprint density at radius 3 is 2.47 bits per heavy atom. The average molecular weight is 459 g/mol. The Balaban J connectivity index is 0.000000633. The van der Waals surface area contributed by atoms with Crippen LogP contribution in [0.25, 0.3) is 5.69 Å². The van der Waals surface area contributed by atoms with Crippen LogP contribution in [0.4, 0.5) is 18.9 Å². The Hall–Kier alpha value is -3.24. The van der Waals surface area contributed by atoms with Gasteiger partial charge in [-0.2, -0.15) is 17.9 Å². The highest BCUT2D eigenvalue weighted by Crippen LogP contribution is 2.15. The van der Waals surface area contributed by atoms with Gasteiger partial charge in [-0.25, -0.2) is 9.59 Å². The molecule has 1 heterocycles. The van der Waals surface area contributed by atoms with Crippen LogP contribution >= 0.6 is 0 Å². The van der Waals surface area contributed by atoms with Crippen molar-refractivity contribution in [1.29, 1.82) is 0 Å². The van der Waals surface area contributed by atoms with E-state index in [4.69, 9.17) is 19.1 Å². The smallest absolute Gasteiger partial charge is 0.475 e. The third-order valence-electron chi connectivity index (χ3n) is 4.05. The number of allylic oxidation sites excluding steroid dienone is 2. The molecule has 0 atom stereocenters. The summed E-state index contributed by atoms with van der Waals surface area (Å²) < 4.78 is 42.6. The van der Waals surface area contributed by atoms with Crippen LogP contribution in [-0.2, 0) is 4.79 Å². The number of anilines is 1. The van der Waals surface area contributed by atoms with Crippen molar-refractivity contribution in [2.24, 2.45) is 0 Å². The third-order valence-corrected chi connectivity index (χ3v) is 4.05. The van der Waals surface area contributed by atoms with Crippen LogP contribution < -0.4 is 15.8 Å². The fourth-order valence-electron chi connectivity index (χ4n) is 2.45. The molecule has 32 heavy (non-hydrogen) atoms. The number of unbranched alkanes of at least 4 members (excludes halogenated alkanes) is 4. The number of nitrogens with zero attached hydrogens (tertiary/aromatic N) is 2. The van der Waals surface area contributed by atoms with E-state index in [1.54, 1.807) is 6.07 Å². The van der Waals surface area contributed by atoms with Crippen LogP contribution in [0.3, 0.4) is 0 Å². The second-order valence-electron chi connectivity index (χ2n) is 6.64. The lowest BCUT2D eigenvalue weighted by Gasteiger charge is -2.07. The lowest BCUT2D eigenvalue weighted by atomic mass is 10.2. The third kappa shape index (κ3) is 10.2. The monoisotopic (exact) mass is 459 g/mol. The largest absolute Gasteiger partial charge is 0.490 e. The minimum atomic E-state index is -5.08. The van der Waals surface area contributed by atoms with Gasteiger partial charge in [-0.3, -0.25) is 0 Å². The first kappa shape index (κ1) is 26.8. The molecule has 0 saturated heterocycles. The first-order valence-corrected chi connectivity index (χ1v) is 10.1. The first-order valence-electron chi connectivity index (χ1n) is 10.1. The number of halogens is 3. The highest BCUT2D eigenvalue weighted by molar-refractivity contribution is 5.73. The van der Waals surface area contributed by atoms with E-state index in [1.165, 1.54) is 37.5 Å². The molecule has 0 radical (unpaired) electrons.